The third kappa shape index (κ3) is 4.45. The summed E-state index contributed by atoms with van der Waals surface area (Å²) in [6.07, 6.45) is 3.20. The van der Waals surface area contributed by atoms with Crippen LogP contribution in [0.1, 0.15) is 35.5 Å². The van der Waals surface area contributed by atoms with Crippen molar-refractivity contribution in [3.63, 3.8) is 0 Å². The maximum absolute atomic E-state index is 14.3. The molecule has 0 aliphatic carbocycles. The number of aryl methyl sites for hydroxylation is 1. The number of aromatic nitrogens is 3. The van der Waals surface area contributed by atoms with Gasteiger partial charge in [-0.1, -0.05) is 32.0 Å². The van der Waals surface area contributed by atoms with E-state index in [2.05, 4.69) is 9.97 Å². The van der Waals surface area contributed by atoms with Crippen LogP contribution in [0.25, 0.3) is 27.7 Å². The van der Waals surface area contributed by atoms with Gasteiger partial charge in [-0.05, 0) is 66.6 Å². The van der Waals surface area contributed by atoms with Gasteiger partial charge in [0.25, 0.3) is 0 Å². The summed E-state index contributed by atoms with van der Waals surface area (Å²) < 4.78 is 22.3. The predicted molar refractivity (Wildman–Crippen MR) is 143 cm³/mol. The number of hydrogen-bond acceptors (Lipinski definition) is 5. The SMILES string of the molecule is Cc1cc(-n2c(C(C)(C)COc3ncccn3)c(-c3ccc(C(=O)O)cc3)c3c(O)cccc32)ccc1F. The van der Waals surface area contributed by atoms with Crippen LogP contribution in [0, 0.1) is 12.7 Å². The summed E-state index contributed by atoms with van der Waals surface area (Å²) in [5.41, 5.74) is 3.61. The molecular weight excluding hydrogens is 485 g/mol. The van der Waals surface area contributed by atoms with Gasteiger partial charge < -0.3 is 19.5 Å². The lowest BCUT2D eigenvalue weighted by atomic mass is 9.84. The molecule has 8 heteroatoms. The van der Waals surface area contributed by atoms with Gasteiger partial charge >= 0.3 is 12.0 Å². The molecule has 0 radical (unpaired) electrons. The molecular formula is C30H26FN3O4. The van der Waals surface area contributed by atoms with E-state index in [0.717, 1.165) is 16.8 Å². The minimum absolute atomic E-state index is 0.0711. The zero-order valence-corrected chi connectivity index (χ0v) is 21.1. The van der Waals surface area contributed by atoms with Crippen LogP contribution in [-0.4, -0.2) is 37.3 Å². The highest BCUT2D eigenvalue weighted by atomic mass is 19.1. The Morgan fingerprint density at radius 3 is 2.39 bits per heavy atom. The van der Waals surface area contributed by atoms with Crippen LogP contribution in [0.3, 0.4) is 0 Å². The van der Waals surface area contributed by atoms with Crippen molar-refractivity contribution in [2.45, 2.75) is 26.2 Å². The Morgan fingerprint density at radius 1 is 1.03 bits per heavy atom. The van der Waals surface area contributed by atoms with Crippen molar-refractivity contribution in [2.24, 2.45) is 0 Å². The van der Waals surface area contributed by atoms with E-state index in [1.165, 1.54) is 18.2 Å². The molecule has 0 amide bonds. The second kappa shape index (κ2) is 9.63. The van der Waals surface area contributed by atoms with Gasteiger partial charge in [-0.3, -0.25) is 0 Å². The Kier molecular flexibility index (Phi) is 6.32. The zero-order valence-electron chi connectivity index (χ0n) is 21.1. The Hall–Kier alpha value is -4.72. The molecule has 192 valence electrons. The fourth-order valence-corrected chi connectivity index (χ4v) is 4.73. The monoisotopic (exact) mass is 511 g/mol. The molecule has 3 aromatic carbocycles. The lowest BCUT2D eigenvalue weighted by Gasteiger charge is -2.28. The molecule has 2 aromatic heterocycles. The van der Waals surface area contributed by atoms with Crippen LogP contribution in [0.4, 0.5) is 4.39 Å². The first-order chi connectivity index (χ1) is 18.2. The molecule has 2 heterocycles. The molecule has 0 fully saturated rings. The van der Waals surface area contributed by atoms with Gasteiger partial charge in [0.1, 0.15) is 18.2 Å². The van der Waals surface area contributed by atoms with Crippen molar-refractivity contribution in [3.8, 4) is 28.6 Å². The molecule has 5 aromatic rings. The maximum atomic E-state index is 14.3. The Morgan fingerprint density at radius 2 is 1.74 bits per heavy atom. The first kappa shape index (κ1) is 25.0. The van der Waals surface area contributed by atoms with Crippen molar-refractivity contribution in [3.05, 3.63) is 102 Å². The number of phenolic OH excluding ortho intramolecular Hbond substituents is 1. The Balaban J connectivity index is 1.81. The molecule has 5 rings (SSSR count). The minimum Gasteiger partial charge on any atom is -0.507 e. The van der Waals surface area contributed by atoms with E-state index < -0.39 is 11.4 Å². The fourth-order valence-electron chi connectivity index (χ4n) is 4.73. The van der Waals surface area contributed by atoms with Crippen LogP contribution in [0.5, 0.6) is 11.8 Å². The first-order valence-electron chi connectivity index (χ1n) is 12.0. The fraction of sp³-hybridized carbons (Fsp3) is 0.167. The normalized spacial score (nSPS) is 11.6. The maximum Gasteiger partial charge on any atom is 0.335 e. The average Bonchev–Trinajstić information content (AvgIpc) is 3.27. The molecule has 38 heavy (non-hydrogen) atoms. The number of benzene rings is 3. The molecule has 0 bridgehead atoms. The van der Waals surface area contributed by atoms with Gasteiger partial charge in [0.15, 0.2) is 0 Å². The van der Waals surface area contributed by atoms with Gasteiger partial charge in [0, 0.05) is 40.1 Å². The third-order valence-electron chi connectivity index (χ3n) is 6.54. The average molecular weight is 512 g/mol. The highest BCUT2D eigenvalue weighted by molar-refractivity contribution is 6.04. The van der Waals surface area contributed by atoms with Gasteiger partial charge in [-0.15, -0.1) is 0 Å². The summed E-state index contributed by atoms with van der Waals surface area (Å²) in [7, 11) is 0. The number of carbonyl (C=O) groups is 1. The Labute approximate surface area is 218 Å². The number of carboxylic acid groups (broad SMARTS) is 1. The van der Waals surface area contributed by atoms with Gasteiger partial charge in [-0.2, -0.15) is 0 Å². The topological polar surface area (TPSA) is 97.5 Å². The lowest BCUT2D eigenvalue weighted by molar-refractivity contribution is 0.0697. The van der Waals surface area contributed by atoms with Crippen molar-refractivity contribution >= 4 is 16.9 Å². The van der Waals surface area contributed by atoms with Crippen molar-refractivity contribution in [1.29, 1.82) is 0 Å². The summed E-state index contributed by atoms with van der Waals surface area (Å²) in [6, 6.07) is 18.6. The summed E-state index contributed by atoms with van der Waals surface area (Å²) in [5.74, 6) is -1.27. The quantitative estimate of drug-likeness (QED) is 0.266. The van der Waals surface area contributed by atoms with E-state index >= 15 is 0 Å². The number of hydrogen-bond donors (Lipinski definition) is 2. The number of aromatic hydroxyl groups is 1. The minimum atomic E-state index is -1.03. The van der Waals surface area contributed by atoms with Crippen LogP contribution in [-0.2, 0) is 5.41 Å². The van der Waals surface area contributed by atoms with E-state index in [9.17, 15) is 19.4 Å². The van der Waals surface area contributed by atoms with E-state index in [4.69, 9.17) is 4.74 Å². The van der Waals surface area contributed by atoms with Crippen molar-refractivity contribution in [2.75, 3.05) is 6.61 Å². The number of ether oxygens (including phenoxy) is 1. The zero-order chi connectivity index (χ0) is 27.0. The van der Waals surface area contributed by atoms with E-state index in [1.54, 1.807) is 61.8 Å². The largest absolute Gasteiger partial charge is 0.507 e. The predicted octanol–water partition coefficient (Wildman–Crippen LogP) is 6.30. The summed E-state index contributed by atoms with van der Waals surface area (Å²) >= 11 is 0. The Bertz CT molecular complexity index is 1640. The standard InChI is InChI=1S/C30H26FN3O4/c1-18-16-21(12-13-22(18)31)34-23-6-4-7-24(35)26(23)25(19-8-10-20(11-9-19)28(36)37)27(34)30(2,3)17-38-29-32-14-5-15-33-29/h4-16,35H,17H2,1-3H3,(H,36,37). The first-order valence-corrected chi connectivity index (χ1v) is 12.0. The van der Waals surface area contributed by atoms with Crippen LogP contribution < -0.4 is 4.74 Å². The number of halogens is 1. The van der Waals surface area contributed by atoms with Crippen LogP contribution in [0.2, 0.25) is 0 Å². The number of rotatable bonds is 7. The number of nitrogens with zero attached hydrogens (tertiary/aromatic N) is 3. The third-order valence-corrected chi connectivity index (χ3v) is 6.54. The van der Waals surface area contributed by atoms with E-state index in [-0.39, 0.29) is 29.7 Å². The smallest absolute Gasteiger partial charge is 0.335 e. The second-order valence-corrected chi connectivity index (χ2v) is 9.75. The molecule has 0 saturated carbocycles. The molecule has 0 spiro atoms. The van der Waals surface area contributed by atoms with E-state index in [0.29, 0.717) is 22.2 Å². The molecule has 0 aliphatic rings. The lowest BCUT2D eigenvalue weighted by Crippen LogP contribution is -2.30. The second-order valence-electron chi connectivity index (χ2n) is 9.75. The van der Waals surface area contributed by atoms with Gasteiger partial charge in [-0.25, -0.2) is 19.2 Å². The molecule has 2 N–H and O–H groups in total. The number of aromatic carboxylic acids is 1. The van der Waals surface area contributed by atoms with Gasteiger partial charge in [0.2, 0.25) is 0 Å². The van der Waals surface area contributed by atoms with Crippen LogP contribution >= 0.6 is 0 Å². The van der Waals surface area contributed by atoms with Crippen LogP contribution in [0.15, 0.2) is 79.1 Å². The van der Waals surface area contributed by atoms with Gasteiger partial charge in [0.05, 0.1) is 11.1 Å². The molecule has 7 nitrogen and oxygen atoms in total. The molecule has 0 atom stereocenters. The highest BCUT2D eigenvalue weighted by Gasteiger charge is 2.34. The summed E-state index contributed by atoms with van der Waals surface area (Å²) in [6.45, 7) is 5.90. The van der Waals surface area contributed by atoms with Crippen molar-refractivity contribution in [1.82, 2.24) is 14.5 Å². The van der Waals surface area contributed by atoms with Crippen molar-refractivity contribution < 1.29 is 24.1 Å². The highest BCUT2D eigenvalue weighted by Crippen LogP contribution is 2.46. The van der Waals surface area contributed by atoms with E-state index in [1.807, 2.05) is 24.5 Å². The summed E-state index contributed by atoms with van der Waals surface area (Å²) in [5, 5.41) is 21.1. The molecule has 0 saturated heterocycles. The number of fused-ring (bicyclic) bond motifs is 1. The number of phenols is 1. The number of carboxylic acids is 1. The molecule has 0 aliphatic heterocycles. The summed E-state index contributed by atoms with van der Waals surface area (Å²) in [4.78, 5) is 19.8. The molecule has 0 unspecified atom stereocenters.